The zero-order valence-electron chi connectivity index (χ0n) is 8.51. The Bertz CT molecular complexity index is 376. The lowest BCUT2D eigenvalue weighted by atomic mass is 10.3. The second-order valence-electron chi connectivity index (χ2n) is 2.72. The first kappa shape index (κ1) is 11.7. The van der Waals surface area contributed by atoms with Crippen LogP contribution in [-0.4, -0.2) is 11.9 Å². The summed E-state index contributed by atoms with van der Waals surface area (Å²) in [6.07, 6.45) is 2.12. The van der Waals surface area contributed by atoms with E-state index in [2.05, 4.69) is 13.2 Å². The summed E-state index contributed by atoms with van der Waals surface area (Å²) in [6.45, 7) is 6.54. The Kier molecular flexibility index (Phi) is 4.03. The van der Waals surface area contributed by atoms with Gasteiger partial charge in [0.2, 0.25) is 0 Å². The first-order valence-corrected chi connectivity index (χ1v) is 4.44. The van der Waals surface area contributed by atoms with E-state index in [1.165, 1.54) is 24.3 Å². The van der Waals surface area contributed by atoms with Crippen LogP contribution < -0.4 is 9.47 Å². The van der Waals surface area contributed by atoms with Crippen LogP contribution in [-0.2, 0) is 9.59 Å². The van der Waals surface area contributed by atoms with Crippen molar-refractivity contribution >= 4 is 11.9 Å². The van der Waals surface area contributed by atoms with Crippen LogP contribution in [0.25, 0.3) is 0 Å². The Labute approximate surface area is 92.8 Å². The van der Waals surface area contributed by atoms with Gasteiger partial charge in [0.05, 0.1) is 0 Å². The molecule has 1 aromatic rings. The molecule has 1 aromatic carbocycles. The van der Waals surface area contributed by atoms with Crippen LogP contribution in [0.4, 0.5) is 0 Å². The molecular weight excluding hydrogens is 208 g/mol. The van der Waals surface area contributed by atoms with Crippen molar-refractivity contribution in [1.82, 2.24) is 0 Å². The molecule has 82 valence electrons. The summed E-state index contributed by atoms with van der Waals surface area (Å²) in [5.41, 5.74) is 0. The normalized spacial score (nSPS) is 9.00. The van der Waals surface area contributed by atoms with E-state index in [1.54, 1.807) is 0 Å². The monoisotopic (exact) mass is 218 g/mol. The molecule has 0 aliphatic carbocycles. The third-order valence-corrected chi connectivity index (χ3v) is 1.59. The van der Waals surface area contributed by atoms with Gasteiger partial charge in [-0.1, -0.05) is 13.2 Å². The zero-order chi connectivity index (χ0) is 12.0. The summed E-state index contributed by atoms with van der Waals surface area (Å²) in [7, 11) is 0. The zero-order valence-corrected chi connectivity index (χ0v) is 8.51. The largest absolute Gasteiger partial charge is 0.423 e. The van der Waals surface area contributed by atoms with Crippen LogP contribution in [0.1, 0.15) is 0 Å². The summed E-state index contributed by atoms with van der Waals surface area (Å²) in [6, 6.07) is 6.03. The topological polar surface area (TPSA) is 52.6 Å². The molecule has 0 heterocycles. The number of esters is 2. The molecule has 0 atom stereocenters. The maximum Gasteiger partial charge on any atom is 0.335 e. The SMILES string of the molecule is C=CC(=O)Oc1ccc(OC(=O)C=C)cc1. The van der Waals surface area contributed by atoms with Gasteiger partial charge in [0.1, 0.15) is 11.5 Å². The molecule has 0 fully saturated rings. The van der Waals surface area contributed by atoms with Crippen LogP contribution in [0.15, 0.2) is 49.6 Å². The molecule has 16 heavy (non-hydrogen) atoms. The number of hydrogen-bond donors (Lipinski definition) is 0. The highest BCUT2D eigenvalue weighted by Gasteiger charge is 2.02. The van der Waals surface area contributed by atoms with Gasteiger partial charge in [-0.25, -0.2) is 9.59 Å². The van der Waals surface area contributed by atoms with Crippen LogP contribution in [0, 0.1) is 0 Å². The maximum atomic E-state index is 10.9. The first-order valence-electron chi connectivity index (χ1n) is 4.44. The fourth-order valence-corrected chi connectivity index (χ4v) is 0.891. The van der Waals surface area contributed by atoms with E-state index < -0.39 is 11.9 Å². The predicted molar refractivity (Wildman–Crippen MR) is 58.1 cm³/mol. The van der Waals surface area contributed by atoms with E-state index in [4.69, 9.17) is 9.47 Å². The van der Waals surface area contributed by atoms with Gasteiger partial charge in [-0.15, -0.1) is 0 Å². The van der Waals surface area contributed by atoms with Crippen molar-refractivity contribution < 1.29 is 19.1 Å². The number of hydrogen-bond acceptors (Lipinski definition) is 4. The molecule has 0 bridgehead atoms. The average molecular weight is 218 g/mol. The minimum absolute atomic E-state index is 0.350. The number of carbonyl (C=O) groups is 2. The average Bonchev–Trinajstić information content (AvgIpc) is 2.31. The molecule has 0 radical (unpaired) electrons. The molecule has 1 rings (SSSR count). The summed E-state index contributed by atoms with van der Waals surface area (Å²) in [5.74, 6) is -0.390. The number of benzene rings is 1. The van der Waals surface area contributed by atoms with E-state index >= 15 is 0 Å². The van der Waals surface area contributed by atoms with Crippen molar-refractivity contribution in [3.8, 4) is 11.5 Å². The molecule has 0 aromatic heterocycles. The lowest BCUT2D eigenvalue weighted by Gasteiger charge is -2.03. The van der Waals surface area contributed by atoms with Gasteiger partial charge in [-0.3, -0.25) is 0 Å². The van der Waals surface area contributed by atoms with E-state index in [0.29, 0.717) is 11.5 Å². The van der Waals surface area contributed by atoms with Crippen LogP contribution in [0.5, 0.6) is 11.5 Å². The van der Waals surface area contributed by atoms with Crippen molar-refractivity contribution in [2.75, 3.05) is 0 Å². The Hall–Kier alpha value is -2.36. The molecule has 0 saturated heterocycles. The lowest BCUT2D eigenvalue weighted by Crippen LogP contribution is -2.04. The maximum absolute atomic E-state index is 10.9. The van der Waals surface area contributed by atoms with Crippen molar-refractivity contribution in [1.29, 1.82) is 0 Å². The molecule has 0 spiro atoms. The number of rotatable bonds is 4. The molecule has 0 saturated carbocycles. The minimum atomic E-state index is -0.546. The summed E-state index contributed by atoms with van der Waals surface area (Å²) < 4.78 is 9.66. The van der Waals surface area contributed by atoms with E-state index in [0.717, 1.165) is 12.2 Å². The Balaban J connectivity index is 2.67. The quantitative estimate of drug-likeness (QED) is 0.440. The summed E-state index contributed by atoms with van der Waals surface area (Å²) >= 11 is 0. The van der Waals surface area contributed by atoms with Crippen molar-refractivity contribution in [3.63, 3.8) is 0 Å². The van der Waals surface area contributed by atoms with Gasteiger partial charge in [0.15, 0.2) is 0 Å². The van der Waals surface area contributed by atoms with Gasteiger partial charge < -0.3 is 9.47 Å². The van der Waals surface area contributed by atoms with Gasteiger partial charge in [-0.05, 0) is 24.3 Å². The highest BCUT2D eigenvalue weighted by molar-refractivity contribution is 5.84. The third kappa shape index (κ3) is 3.42. The molecule has 0 aliphatic heterocycles. The predicted octanol–water partition coefficient (Wildman–Crippen LogP) is 1.87. The van der Waals surface area contributed by atoms with Crippen LogP contribution in [0.3, 0.4) is 0 Å². The second-order valence-corrected chi connectivity index (χ2v) is 2.72. The lowest BCUT2D eigenvalue weighted by molar-refractivity contribution is -0.130. The third-order valence-electron chi connectivity index (χ3n) is 1.59. The van der Waals surface area contributed by atoms with Crippen molar-refractivity contribution in [2.45, 2.75) is 0 Å². The fourth-order valence-electron chi connectivity index (χ4n) is 0.891. The molecular formula is C12H10O4. The highest BCUT2D eigenvalue weighted by Crippen LogP contribution is 2.17. The van der Waals surface area contributed by atoms with Crippen molar-refractivity contribution in [2.24, 2.45) is 0 Å². The Morgan fingerprint density at radius 3 is 1.44 bits per heavy atom. The van der Waals surface area contributed by atoms with Gasteiger partial charge in [-0.2, -0.15) is 0 Å². The van der Waals surface area contributed by atoms with Crippen molar-refractivity contribution in [3.05, 3.63) is 49.6 Å². The summed E-state index contributed by atoms with van der Waals surface area (Å²) in [4.78, 5) is 21.7. The first-order chi connectivity index (χ1) is 7.65. The molecule has 0 amide bonds. The minimum Gasteiger partial charge on any atom is -0.423 e. The number of carbonyl (C=O) groups excluding carboxylic acids is 2. The Morgan fingerprint density at radius 2 is 1.19 bits per heavy atom. The molecule has 4 nitrogen and oxygen atoms in total. The van der Waals surface area contributed by atoms with E-state index in [-0.39, 0.29) is 0 Å². The van der Waals surface area contributed by atoms with Gasteiger partial charge in [0, 0.05) is 12.2 Å². The standard InChI is InChI=1S/C12H10O4/c1-3-11(13)15-9-5-7-10(8-6-9)16-12(14)4-2/h3-8H,1-2H2. The number of ether oxygens (including phenoxy) is 2. The smallest absolute Gasteiger partial charge is 0.335 e. The summed E-state index contributed by atoms with van der Waals surface area (Å²) in [5, 5.41) is 0. The van der Waals surface area contributed by atoms with Crippen LogP contribution >= 0.6 is 0 Å². The highest BCUT2D eigenvalue weighted by atomic mass is 16.5. The Morgan fingerprint density at radius 1 is 0.875 bits per heavy atom. The molecule has 0 N–H and O–H groups in total. The molecule has 0 unspecified atom stereocenters. The molecule has 4 heteroatoms. The van der Waals surface area contributed by atoms with Crippen LogP contribution in [0.2, 0.25) is 0 Å². The van der Waals surface area contributed by atoms with E-state index in [9.17, 15) is 9.59 Å². The second kappa shape index (κ2) is 5.50. The van der Waals surface area contributed by atoms with Gasteiger partial charge in [0.25, 0.3) is 0 Å². The van der Waals surface area contributed by atoms with Gasteiger partial charge >= 0.3 is 11.9 Å². The van der Waals surface area contributed by atoms with E-state index in [1.807, 2.05) is 0 Å². The molecule has 0 aliphatic rings. The fraction of sp³-hybridized carbons (Fsp3) is 0.